The highest BCUT2D eigenvalue weighted by Gasteiger charge is 2.40. The Kier molecular flexibility index (Phi) is 8.44. The lowest BCUT2D eigenvalue weighted by Gasteiger charge is -2.28. The number of aryl methyl sites for hydroxylation is 2. The van der Waals surface area contributed by atoms with Crippen molar-refractivity contribution in [3.05, 3.63) is 76.9 Å². The maximum Gasteiger partial charge on any atom is 0.227 e. The van der Waals surface area contributed by atoms with E-state index in [-0.39, 0.29) is 43.3 Å². The van der Waals surface area contributed by atoms with Crippen molar-refractivity contribution in [2.24, 2.45) is 5.92 Å². The van der Waals surface area contributed by atoms with Crippen LogP contribution in [0.15, 0.2) is 60.1 Å². The molecule has 7 heteroatoms. The van der Waals surface area contributed by atoms with E-state index in [1.165, 1.54) is 11.8 Å². The van der Waals surface area contributed by atoms with Crippen molar-refractivity contribution in [3.63, 3.8) is 0 Å². The van der Waals surface area contributed by atoms with E-state index in [4.69, 9.17) is 0 Å². The number of rotatable bonds is 10. The van der Waals surface area contributed by atoms with Gasteiger partial charge in [0.25, 0.3) is 0 Å². The molecule has 1 saturated heterocycles. The number of hydrogen-bond acceptors (Lipinski definition) is 6. The van der Waals surface area contributed by atoms with E-state index in [1.54, 1.807) is 11.3 Å². The molecule has 0 unspecified atom stereocenters. The molecule has 1 N–H and O–H groups in total. The molecule has 188 valence electrons. The van der Waals surface area contributed by atoms with Crippen molar-refractivity contribution >= 4 is 28.8 Å². The third-order valence-corrected chi connectivity index (χ3v) is 7.74. The molecule has 1 aromatic heterocycles. The van der Waals surface area contributed by atoms with E-state index in [0.717, 1.165) is 27.3 Å². The highest BCUT2D eigenvalue weighted by atomic mass is 32.1. The van der Waals surface area contributed by atoms with Crippen LogP contribution in [0.5, 0.6) is 0 Å². The smallest absolute Gasteiger partial charge is 0.227 e. The molecule has 0 spiro atoms. The molecule has 0 bridgehead atoms. The first-order valence-electron chi connectivity index (χ1n) is 12.4. The topological polar surface area (TPSA) is 87.6 Å². The molecule has 3 atom stereocenters. The minimum absolute atomic E-state index is 0.0523. The van der Waals surface area contributed by atoms with E-state index < -0.39 is 18.1 Å². The number of aliphatic hydroxyl groups is 1. The van der Waals surface area contributed by atoms with Gasteiger partial charge in [-0.15, -0.1) is 11.3 Å². The van der Waals surface area contributed by atoms with E-state index in [2.05, 4.69) is 4.98 Å². The number of carbonyl (C=O) groups excluding carboxylic acids is 3. The third kappa shape index (κ3) is 6.33. The monoisotopic (exact) mass is 504 g/mol. The fourth-order valence-corrected chi connectivity index (χ4v) is 5.74. The van der Waals surface area contributed by atoms with E-state index in [1.807, 2.05) is 67.0 Å². The highest BCUT2D eigenvalue weighted by molar-refractivity contribution is 7.13. The predicted octanol–water partition coefficient (Wildman–Crippen LogP) is 4.42. The zero-order chi connectivity index (χ0) is 25.7. The molecule has 3 aromatic rings. The summed E-state index contributed by atoms with van der Waals surface area (Å²) in [5.41, 5.74) is 5.96. The molecule has 0 saturated carbocycles. The minimum Gasteiger partial charge on any atom is -0.391 e. The van der Waals surface area contributed by atoms with Gasteiger partial charge < -0.3 is 14.8 Å². The van der Waals surface area contributed by atoms with Crippen LogP contribution in [0.4, 0.5) is 0 Å². The van der Waals surface area contributed by atoms with E-state index in [0.29, 0.717) is 12.8 Å². The van der Waals surface area contributed by atoms with Crippen LogP contribution in [0.25, 0.3) is 10.4 Å². The van der Waals surface area contributed by atoms with E-state index >= 15 is 0 Å². The largest absolute Gasteiger partial charge is 0.391 e. The Morgan fingerprint density at radius 1 is 1.08 bits per heavy atom. The second-order valence-corrected chi connectivity index (χ2v) is 10.5. The molecular formula is C29H32N2O4S. The molecule has 1 aliphatic rings. The second kappa shape index (κ2) is 11.7. The summed E-state index contributed by atoms with van der Waals surface area (Å²) in [5.74, 6) is -0.895. The number of nitrogens with zero attached hydrogens (tertiary/aromatic N) is 2. The van der Waals surface area contributed by atoms with Crippen molar-refractivity contribution in [1.29, 1.82) is 0 Å². The molecule has 2 heterocycles. The van der Waals surface area contributed by atoms with Gasteiger partial charge in [0.1, 0.15) is 5.78 Å². The number of hydrogen-bond donors (Lipinski definition) is 1. The van der Waals surface area contributed by atoms with Crippen LogP contribution in [0.1, 0.15) is 43.0 Å². The van der Waals surface area contributed by atoms with Crippen molar-refractivity contribution in [2.75, 3.05) is 6.54 Å². The van der Waals surface area contributed by atoms with Crippen LogP contribution in [-0.4, -0.2) is 51.2 Å². The standard InChI is InChI=1S/C29H32N2O4S/c1-19(32)14-24(15-22-6-4-3-5-7-22)29(35)31-17-25(33)16-26(31)27(34)13-10-21-8-11-23(12-9-21)28-20(2)30-18-36-28/h3-9,11-12,18,24-26,33H,10,13-17H2,1-2H3/t24-,25+,26-/m0/s1. The predicted molar refractivity (Wildman–Crippen MR) is 141 cm³/mol. The zero-order valence-corrected chi connectivity index (χ0v) is 21.5. The lowest BCUT2D eigenvalue weighted by atomic mass is 9.92. The lowest BCUT2D eigenvalue weighted by molar-refractivity contribution is -0.142. The van der Waals surface area contributed by atoms with Crippen LogP contribution >= 0.6 is 11.3 Å². The summed E-state index contributed by atoms with van der Waals surface area (Å²) >= 11 is 1.61. The summed E-state index contributed by atoms with van der Waals surface area (Å²) in [5, 5.41) is 10.3. The van der Waals surface area contributed by atoms with Crippen LogP contribution < -0.4 is 0 Å². The Hall–Kier alpha value is -3.16. The quantitative estimate of drug-likeness (QED) is 0.442. The lowest BCUT2D eigenvalue weighted by Crippen LogP contribution is -2.44. The molecule has 36 heavy (non-hydrogen) atoms. The first kappa shape index (κ1) is 25.9. The average Bonchev–Trinajstić information content (AvgIpc) is 3.47. The summed E-state index contributed by atoms with van der Waals surface area (Å²) in [6.07, 6.45) is 0.906. The molecule has 1 aliphatic heterocycles. The van der Waals surface area contributed by atoms with Crippen molar-refractivity contribution < 1.29 is 19.5 Å². The number of thiazole rings is 1. The molecule has 1 fully saturated rings. The van der Waals surface area contributed by atoms with Gasteiger partial charge in [-0.05, 0) is 43.4 Å². The van der Waals surface area contributed by atoms with Gasteiger partial charge in [0.05, 0.1) is 28.2 Å². The van der Waals surface area contributed by atoms with Gasteiger partial charge in [-0.25, -0.2) is 4.98 Å². The normalized spacial score (nSPS) is 18.2. The zero-order valence-electron chi connectivity index (χ0n) is 20.7. The fourth-order valence-electron chi connectivity index (χ4n) is 4.93. The number of benzene rings is 2. The van der Waals surface area contributed by atoms with Gasteiger partial charge in [0.2, 0.25) is 5.91 Å². The number of amides is 1. The summed E-state index contributed by atoms with van der Waals surface area (Å²) in [6.45, 7) is 3.60. The maximum atomic E-state index is 13.5. The Balaban J connectivity index is 1.41. The molecule has 1 amide bonds. The molecule has 4 rings (SSSR count). The van der Waals surface area contributed by atoms with Crippen LogP contribution in [0.3, 0.4) is 0 Å². The van der Waals surface area contributed by atoms with Crippen molar-refractivity contribution in [2.45, 2.75) is 58.1 Å². The number of β-amino-alcohol motifs (C(OH)–C–C–N with tert-alkyl or cyclic N) is 1. The number of carbonyl (C=O) groups is 3. The summed E-state index contributed by atoms with van der Waals surface area (Å²) in [6, 6.07) is 17.1. The van der Waals surface area contributed by atoms with Gasteiger partial charge in [-0.1, -0.05) is 54.6 Å². The fraction of sp³-hybridized carbons (Fsp3) is 0.379. The highest BCUT2D eigenvalue weighted by Crippen LogP contribution is 2.28. The van der Waals surface area contributed by atoms with Gasteiger partial charge in [-0.3, -0.25) is 9.59 Å². The average molecular weight is 505 g/mol. The molecular weight excluding hydrogens is 472 g/mol. The number of ketones is 2. The number of Topliss-reactive ketones (excluding diaryl/α,β-unsaturated/α-hetero) is 2. The third-order valence-electron chi connectivity index (χ3n) is 6.76. The first-order valence-corrected chi connectivity index (χ1v) is 13.2. The molecule has 6 nitrogen and oxygen atoms in total. The first-order chi connectivity index (χ1) is 17.3. The van der Waals surface area contributed by atoms with Gasteiger partial charge in [-0.2, -0.15) is 0 Å². The summed E-state index contributed by atoms with van der Waals surface area (Å²) < 4.78 is 0. The molecule has 0 radical (unpaired) electrons. The Bertz CT molecular complexity index is 1210. The van der Waals surface area contributed by atoms with Gasteiger partial charge >= 0.3 is 0 Å². The molecule has 0 aliphatic carbocycles. The van der Waals surface area contributed by atoms with Crippen LogP contribution in [0, 0.1) is 12.8 Å². The van der Waals surface area contributed by atoms with Crippen molar-refractivity contribution in [3.8, 4) is 10.4 Å². The SMILES string of the molecule is CC(=O)C[C@@H](Cc1ccccc1)C(=O)N1C[C@H](O)C[C@H]1C(=O)CCc1ccc(-c2scnc2C)cc1. The number of aliphatic hydroxyl groups excluding tert-OH is 1. The van der Waals surface area contributed by atoms with Gasteiger partial charge in [0.15, 0.2) is 5.78 Å². The minimum atomic E-state index is -0.737. The molecule has 2 aromatic carbocycles. The van der Waals surface area contributed by atoms with Crippen LogP contribution in [0.2, 0.25) is 0 Å². The Morgan fingerprint density at radius 2 is 1.81 bits per heavy atom. The van der Waals surface area contributed by atoms with E-state index in [9.17, 15) is 19.5 Å². The summed E-state index contributed by atoms with van der Waals surface area (Å²) in [4.78, 5) is 45.6. The second-order valence-electron chi connectivity index (χ2n) is 9.62. The number of aromatic nitrogens is 1. The van der Waals surface area contributed by atoms with Crippen molar-refractivity contribution in [1.82, 2.24) is 9.88 Å². The summed E-state index contributed by atoms with van der Waals surface area (Å²) in [7, 11) is 0. The van der Waals surface area contributed by atoms with Crippen LogP contribution in [-0.2, 0) is 27.2 Å². The van der Waals surface area contributed by atoms with Gasteiger partial charge in [0, 0.05) is 31.7 Å². The Morgan fingerprint density at radius 3 is 2.44 bits per heavy atom. The maximum absolute atomic E-state index is 13.5. The Labute approximate surface area is 216 Å². The number of likely N-dealkylation sites (tertiary alicyclic amines) is 1.